The van der Waals surface area contributed by atoms with E-state index in [1.807, 2.05) is 0 Å². The maximum atomic E-state index is 14.0. The molecule has 15 nitrogen and oxygen atoms in total. The van der Waals surface area contributed by atoms with Crippen molar-refractivity contribution in [3.8, 4) is 23.3 Å². The van der Waals surface area contributed by atoms with Gasteiger partial charge in [0.2, 0.25) is 11.8 Å². The summed E-state index contributed by atoms with van der Waals surface area (Å²) < 4.78 is 46.0. The van der Waals surface area contributed by atoms with Crippen molar-refractivity contribution in [1.82, 2.24) is 34.7 Å². The first kappa shape index (κ1) is 35.7. The van der Waals surface area contributed by atoms with Gasteiger partial charge in [0.1, 0.15) is 34.1 Å². The Morgan fingerprint density at radius 2 is 1.47 bits per heavy atom. The number of carbonyl (C=O) groups excluding carboxylic acids is 1. The van der Waals surface area contributed by atoms with Crippen LogP contribution in [0.3, 0.4) is 0 Å². The Labute approximate surface area is 279 Å². The van der Waals surface area contributed by atoms with Gasteiger partial charge in [-0.15, -0.1) is 10.2 Å². The van der Waals surface area contributed by atoms with Gasteiger partial charge in [0.15, 0.2) is 11.7 Å². The Kier molecular flexibility index (Phi) is 11.4. The molecule has 0 saturated heterocycles. The summed E-state index contributed by atoms with van der Waals surface area (Å²) in [6.45, 7) is 5.30. The summed E-state index contributed by atoms with van der Waals surface area (Å²) in [6.07, 6.45) is 0. The van der Waals surface area contributed by atoms with E-state index in [9.17, 15) is 18.4 Å². The molecule has 258 valence electrons. The Morgan fingerprint density at radius 1 is 0.918 bits per heavy atom. The lowest BCUT2D eigenvalue weighted by molar-refractivity contribution is -0.149. The number of aromatic amines is 1. The summed E-state index contributed by atoms with van der Waals surface area (Å²) in [5, 5.41) is 19.8. The molecule has 3 aromatic heterocycles. The fourth-order valence-corrected chi connectivity index (χ4v) is 4.51. The molecule has 0 fully saturated rings. The fraction of sp³-hybridized carbons (Fsp3) is 0.281. The number of hydrogen-bond acceptors (Lipinski definition) is 11. The number of halogens is 2. The molecule has 0 unspecified atom stereocenters. The number of carbonyl (C=O) groups is 1. The number of benzene rings is 2. The van der Waals surface area contributed by atoms with Gasteiger partial charge in [-0.1, -0.05) is 36.4 Å². The number of amidine groups is 1. The van der Waals surface area contributed by atoms with Crippen molar-refractivity contribution in [3.05, 3.63) is 105 Å². The SMILES string of the molecule is CCOC(=O)C(C)(C)c1nnc(-c2cc(OC)n(Cc3ccccc3F)n2)[nH]c1=O.COc1cc(C(N)=NN)nn1Cc1ccccc1F. The van der Waals surface area contributed by atoms with Crippen molar-refractivity contribution in [2.45, 2.75) is 39.3 Å². The third kappa shape index (κ3) is 8.24. The van der Waals surface area contributed by atoms with E-state index >= 15 is 0 Å². The van der Waals surface area contributed by atoms with Gasteiger partial charge in [-0.2, -0.15) is 15.3 Å². The van der Waals surface area contributed by atoms with E-state index in [4.69, 9.17) is 25.8 Å². The van der Waals surface area contributed by atoms with Gasteiger partial charge in [0.05, 0.1) is 33.9 Å². The van der Waals surface area contributed by atoms with E-state index in [-0.39, 0.29) is 54.4 Å². The Hall–Kier alpha value is -6.13. The maximum absolute atomic E-state index is 14.0. The highest BCUT2D eigenvalue weighted by atomic mass is 19.1. The summed E-state index contributed by atoms with van der Waals surface area (Å²) >= 11 is 0. The van der Waals surface area contributed by atoms with Crippen LogP contribution in [0.1, 0.15) is 43.3 Å². The van der Waals surface area contributed by atoms with E-state index in [1.165, 1.54) is 49.6 Å². The van der Waals surface area contributed by atoms with E-state index in [0.29, 0.717) is 28.6 Å². The normalized spacial score (nSPS) is 11.4. The van der Waals surface area contributed by atoms with Gasteiger partial charge in [0, 0.05) is 23.3 Å². The van der Waals surface area contributed by atoms with Gasteiger partial charge in [-0.05, 0) is 32.9 Å². The quantitative estimate of drug-likeness (QED) is 0.0609. The third-order valence-corrected chi connectivity index (χ3v) is 7.18. The molecule has 49 heavy (non-hydrogen) atoms. The molecular formula is C32H36F2N10O5. The lowest BCUT2D eigenvalue weighted by atomic mass is 9.90. The summed E-state index contributed by atoms with van der Waals surface area (Å²) in [7, 11) is 2.95. The topological polar surface area (TPSA) is 203 Å². The number of hydrogen-bond donors (Lipinski definition) is 3. The van der Waals surface area contributed by atoms with Crippen molar-refractivity contribution in [3.63, 3.8) is 0 Å². The summed E-state index contributed by atoms with van der Waals surface area (Å²) in [5.74, 6) is 4.83. The predicted molar refractivity (Wildman–Crippen MR) is 175 cm³/mol. The standard InChI is InChI=1S/C20H22FN5O4.C12H14FN5O/c1-5-30-19(28)20(2,3)16-18(27)22-17(24-23-16)14-10-15(29-4)26(25-14)11-12-8-6-7-9-13(12)21;1-19-11-6-10(12(14)16-15)17-18(11)7-8-4-2-3-5-9(8)13/h6-10H,5,11H2,1-4H3,(H,22,24,27);2-6H,7,15H2,1H3,(H2,14,16). The van der Waals surface area contributed by atoms with Gasteiger partial charge in [-0.25, -0.2) is 18.1 Å². The van der Waals surface area contributed by atoms with E-state index in [1.54, 1.807) is 55.5 Å². The van der Waals surface area contributed by atoms with Gasteiger partial charge in [0.25, 0.3) is 5.56 Å². The Bertz CT molecular complexity index is 2000. The number of nitrogens with one attached hydrogen (secondary N) is 1. The van der Waals surface area contributed by atoms with Crippen molar-refractivity contribution in [2.24, 2.45) is 16.7 Å². The number of nitrogens with two attached hydrogens (primary N) is 2. The molecule has 5 aromatic rings. The van der Waals surface area contributed by atoms with Crippen molar-refractivity contribution >= 4 is 11.8 Å². The molecular weight excluding hydrogens is 642 g/mol. The van der Waals surface area contributed by atoms with Crippen LogP contribution in [-0.2, 0) is 28.0 Å². The average molecular weight is 679 g/mol. The fourth-order valence-electron chi connectivity index (χ4n) is 4.51. The molecule has 5 N–H and O–H groups in total. The van der Waals surface area contributed by atoms with Crippen molar-refractivity contribution in [2.75, 3.05) is 20.8 Å². The van der Waals surface area contributed by atoms with Gasteiger partial charge < -0.3 is 30.8 Å². The lowest BCUT2D eigenvalue weighted by Gasteiger charge is -2.19. The molecule has 0 aliphatic heterocycles. The summed E-state index contributed by atoms with van der Waals surface area (Å²) in [6, 6.07) is 15.9. The van der Waals surface area contributed by atoms with E-state index in [0.717, 1.165) is 0 Å². The Morgan fingerprint density at radius 3 is 1.98 bits per heavy atom. The largest absolute Gasteiger partial charge is 0.481 e. The number of rotatable bonds is 11. The zero-order valence-electron chi connectivity index (χ0n) is 27.5. The molecule has 5 rings (SSSR count). The zero-order valence-corrected chi connectivity index (χ0v) is 27.5. The number of ether oxygens (including phenoxy) is 3. The number of hydrazone groups is 1. The highest BCUT2D eigenvalue weighted by Gasteiger charge is 2.36. The van der Waals surface area contributed by atoms with Crippen LogP contribution in [-0.4, -0.2) is 67.4 Å². The molecule has 17 heteroatoms. The molecule has 0 bridgehead atoms. The van der Waals surface area contributed by atoms with Crippen LogP contribution in [0.25, 0.3) is 11.5 Å². The maximum Gasteiger partial charge on any atom is 0.317 e. The van der Waals surface area contributed by atoms with Gasteiger partial charge >= 0.3 is 5.97 Å². The summed E-state index contributed by atoms with van der Waals surface area (Å²) in [5.41, 5.74) is 5.25. The van der Waals surface area contributed by atoms with Crippen LogP contribution in [0.15, 0.2) is 70.6 Å². The molecule has 0 saturated carbocycles. The highest BCUT2D eigenvalue weighted by molar-refractivity contribution is 5.95. The monoisotopic (exact) mass is 678 g/mol. The second-order valence-corrected chi connectivity index (χ2v) is 10.9. The first-order valence-corrected chi connectivity index (χ1v) is 14.8. The van der Waals surface area contributed by atoms with E-state index < -0.39 is 16.9 Å². The van der Waals surface area contributed by atoms with Crippen molar-refractivity contribution < 1.29 is 27.8 Å². The first-order chi connectivity index (χ1) is 23.4. The minimum absolute atomic E-state index is 0.0672. The molecule has 0 amide bonds. The highest BCUT2D eigenvalue weighted by Crippen LogP contribution is 2.24. The minimum Gasteiger partial charge on any atom is -0.481 e. The number of H-pyrrole nitrogens is 1. The third-order valence-electron chi connectivity index (χ3n) is 7.18. The van der Waals surface area contributed by atoms with Crippen LogP contribution in [0.5, 0.6) is 11.8 Å². The van der Waals surface area contributed by atoms with Crippen LogP contribution in [0.4, 0.5) is 8.78 Å². The number of esters is 1. The van der Waals surface area contributed by atoms with Crippen molar-refractivity contribution in [1.29, 1.82) is 0 Å². The Balaban J connectivity index is 0.000000244. The molecule has 0 aliphatic rings. The van der Waals surface area contributed by atoms with Crippen LogP contribution in [0, 0.1) is 11.6 Å². The molecule has 3 heterocycles. The number of methoxy groups -OCH3 is 2. The van der Waals surface area contributed by atoms with Crippen LogP contribution < -0.4 is 26.6 Å². The molecule has 0 atom stereocenters. The average Bonchev–Trinajstić information content (AvgIpc) is 3.70. The second kappa shape index (κ2) is 15.6. The minimum atomic E-state index is -1.27. The first-order valence-electron chi connectivity index (χ1n) is 14.8. The number of aromatic nitrogens is 7. The zero-order chi connectivity index (χ0) is 35.7. The molecule has 0 aliphatic carbocycles. The summed E-state index contributed by atoms with van der Waals surface area (Å²) in [4.78, 5) is 27.3. The number of nitrogens with zero attached hydrogens (tertiary/aromatic N) is 7. The predicted octanol–water partition coefficient (Wildman–Crippen LogP) is 2.72. The molecule has 0 spiro atoms. The van der Waals surface area contributed by atoms with Crippen LogP contribution in [0.2, 0.25) is 0 Å². The van der Waals surface area contributed by atoms with Gasteiger partial charge in [-0.3, -0.25) is 9.59 Å². The van der Waals surface area contributed by atoms with E-state index in [2.05, 4.69) is 30.5 Å². The van der Waals surface area contributed by atoms with Crippen LogP contribution >= 0.6 is 0 Å². The smallest absolute Gasteiger partial charge is 0.317 e. The second-order valence-electron chi connectivity index (χ2n) is 10.9. The molecule has 2 aromatic carbocycles. The molecule has 0 radical (unpaired) electrons. The lowest BCUT2D eigenvalue weighted by Crippen LogP contribution is -2.38.